The second-order valence-electron chi connectivity index (χ2n) is 4.79. The molecule has 0 saturated carbocycles. The summed E-state index contributed by atoms with van der Waals surface area (Å²) in [5.74, 6) is 2.33. The molecule has 0 spiro atoms. The number of fused-ring (bicyclic) bond motifs is 2. The summed E-state index contributed by atoms with van der Waals surface area (Å²) in [5, 5.41) is 1.00. The Morgan fingerprint density at radius 2 is 1.86 bits per heavy atom. The Kier molecular flexibility index (Phi) is 2.67. The van der Waals surface area contributed by atoms with E-state index < -0.39 is 0 Å². The van der Waals surface area contributed by atoms with Gasteiger partial charge in [-0.3, -0.25) is 0 Å². The van der Waals surface area contributed by atoms with Crippen LogP contribution in [-0.2, 0) is 0 Å². The van der Waals surface area contributed by atoms with Crippen LogP contribution in [0.1, 0.15) is 0 Å². The van der Waals surface area contributed by atoms with Crippen molar-refractivity contribution in [3.63, 3.8) is 0 Å². The molecular weight excluding hydrogens is 266 g/mol. The first-order chi connectivity index (χ1) is 10.3. The number of rotatable bonds is 2. The van der Waals surface area contributed by atoms with Crippen molar-refractivity contribution < 1.29 is 14.2 Å². The quantitative estimate of drug-likeness (QED) is 0.718. The van der Waals surface area contributed by atoms with Crippen LogP contribution in [0.5, 0.6) is 17.2 Å². The Bertz CT molecular complexity index is 829. The van der Waals surface area contributed by atoms with Crippen LogP contribution in [0.2, 0.25) is 0 Å². The van der Waals surface area contributed by atoms with Gasteiger partial charge >= 0.3 is 0 Å². The summed E-state index contributed by atoms with van der Waals surface area (Å²) >= 11 is 0. The largest absolute Gasteiger partial charge is 0.496 e. The summed E-state index contributed by atoms with van der Waals surface area (Å²) in [4.78, 5) is 4.70. The van der Waals surface area contributed by atoms with Crippen molar-refractivity contribution in [2.24, 2.45) is 0 Å². The minimum atomic E-state index is 0.271. The van der Waals surface area contributed by atoms with Gasteiger partial charge in [0.05, 0.1) is 18.3 Å². The first kappa shape index (κ1) is 12.0. The molecule has 0 unspecified atom stereocenters. The predicted octanol–water partition coefficient (Wildman–Crippen LogP) is 3.64. The summed E-state index contributed by atoms with van der Waals surface area (Å²) in [6.45, 7) is 0.271. The highest BCUT2D eigenvalue weighted by Gasteiger charge is 2.15. The molecule has 104 valence electrons. The van der Waals surface area contributed by atoms with Gasteiger partial charge in [-0.25, -0.2) is 4.98 Å². The number of hydrogen-bond donors (Lipinski definition) is 0. The molecule has 1 aromatic heterocycles. The SMILES string of the molecule is COc1cc(-c2ccc3c(c2)OCO3)nc2ccccc12. The van der Waals surface area contributed by atoms with E-state index in [1.54, 1.807) is 7.11 Å². The first-order valence-corrected chi connectivity index (χ1v) is 6.69. The van der Waals surface area contributed by atoms with Crippen LogP contribution in [-0.4, -0.2) is 18.9 Å². The number of nitrogens with zero attached hydrogens (tertiary/aromatic N) is 1. The highest BCUT2D eigenvalue weighted by Crippen LogP contribution is 2.37. The number of aromatic nitrogens is 1. The lowest BCUT2D eigenvalue weighted by Crippen LogP contribution is -1.93. The molecule has 0 aliphatic carbocycles. The molecule has 0 amide bonds. The Morgan fingerprint density at radius 3 is 2.76 bits per heavy atom. The van der Waals surface area contributed by atoms with Crippen LogP contribution >= 0.6 is 0 Å². The molecule has 4 rings (SSSR count). The molecule has 4 nitrogen and oxygen atoms in total. The maximum absolute atomic E-state index is 5.49. The van der Waals surface area contributed by atoms with E-state index in [2.05, 4.69) is 0 Å². The Balaban J connectivity index is 1.90. The van der Waals surface area contributed by atoms with Crippen LogP contribution in [0.25, 0.3) is 22.2 Å². The van der Waals surface area contributed by atoms with Crippen molar-refractivity contribution in [1.82, 2.24) is 4.98 Å². The zero-order chi connectivity index (χ0) is 14.2. The third-order valence-corrected chi connectivity index (χ3v) is 3.57. The third kappa shape index (κ3) is 1.96. The number of ether oxygens (including phenoxy) is 3. The monoisotopic (exact) mass is 279 g/mol. The number of hydrogen-bond acceptors (Lipinski definition) is 4. The summed E-state index contributed by atoms with van der Waals surface area (Å²) in [6, 6.07) is 15.7. The van der Waals surface area contributed by atoms with Gasteiger partial charge in [0.15, 0.2) is 11.5 Å². The maximum atomic E-state index is 5.49. The molecule has 2 heterocycles. The molecule has 4 heteroatoms. The fourth-order valence-corrected chi connectivity index (χ4v) is 2.52. The van der Waals surface area contributed by atoms with Gasteiger partial charge < -0.3 is 14.2 Å². The van der Waals surface area contributed by atoms with Crippen molar-refractivity contribution in [3.8, 4) is 28.5 Å². The van der Waals surface area contributed by atoms with Gasteiger partial charge in [-0.05, 0) is 30.3 Å². The molecule has 1 aliphatic heterocycles. The Hall–Kier alpha value is -2.75. The lowest BCUT2D eigenvalue weighted by molar-refractivity contribution is 0.174. The van der Waals surface area contributed by atoms with E-state index in [1.807, 2.05) is 48.5 Å². The minimum Gasteiger partial charge on any atom is -0.496 e. The molecule has 1 aliphatic rings. The second-order valence-corrected chi connectivity index (χ2v) is 4.79. The molecule has 0 N–H and O–H groups in total. The van der Waals surface area contributed by atoms with Gasteiger partial charge in [-0.1, -0.05) is 12.1 Å². The molecule has 21 heavy (non-hydrogen) atoms. The van der Waals surface area contributed by atoms with Crippen molar-refractivity contribution >= 4 is 10.9 Å². The molecule has 0 radical (unpaired) electrons. The van der Waals surface area contributed by atoms with E-state index in [0.717, 1.165) is 39.4 Å². The van der Waals surface area contributed by atoms with E-state index in [0.29, 0.717) is 0 Å². The van der Waals surface area contributed by atoms with E-state index in [1.165, 1.54) is 0 Å². The lowest BCUT2D eigenvalue weighted by Gasteiger charge is -2.09. The van der Waals surface area contributed by atoms with Crippen molar-refractivity contribution in [2.45, 2.75) is 0 Å². The van der Waals surface area contributed by atoms with E-state index in [9.17, 15) is 0 Å². The lowest BCUT2D eigenvalue weighted by atomic mass is 10.1. The van der Waals surface area contributed by atoms with E-state index >= 15 is 0 Å². The zero-order valence-corrected chi connectivity index (χ0v) is 11.5. The maximum Gasteiger partial charge on any atom is 0.231 e. The van der Waals surface area contributed by atoms with Gasteiger partial charge in [-0.2, -0.15) is 0 Å². The number of para-hydroxylation sites is 1. The topological polar surface area (TPSA) is 40.6 Å². The van der Waals surface area contributed by atoms with Crippen LogP contribution in [0.4, 0.5) is 0 Å². The number of benzene rings is 2. The molecule has 0 fully saturated rings. The summed E-state index contributed by atoms with van der Waals surface area (Å²) < 4.78 is 16.2. The van der Waals surface area contributed by atoms with Gasteiger partial charge in [0, 0.05) is 17.0 Å². The smallest absolute Gasteiger partial charge is 0.231 e. The van der Waals surface area contributed by atoms with Gasteiger partial charge in [-0.15, -0.1) is 0 Å². The van der Waals surface area contributed by atoms with Crippen LogP contribution in [0.15, 0.2) is 48.5 Å². The minimum absolute atomic E-state index is 0.271. The fourth-order valence-electron chi connectivity index (χ4n) is 2.52. The third-order valence-electron chi connectivity index (χ3n) is 3.57. The van der Waals surface area contributed by atoms with Crippen LogP contribution < -0.4 is 14.2 Å². The zero-order valence-electron chi connectivity index (χ0n) is 11.5. The van der Waals surface area contributed by atoms with Crippen LogP contribution in [0, 0.1) is 0 Å². The summed E-state index contributed by atoms with van der Waals surface area (Å²) in [7, 11) is 1.67. The van der Waals surface area contributed by atoms with E-state index in [-0.39, 0.29) is 6.79 Å². The van der Waals surface area contributed by atoms with Crippen molar-refractivity contribution in [3.05, 3.63) is 48.5 Å². The first-order valence-electron chi connectivity index (χ1n) is 6.69. The highest BCUT2D eigenvalue weighted by molar-refractivity contribution is 5.88. The van der Waals surface area contributed by atoms with Gasteiger partial charge in [0.1, 0.15) is 5.75 Å². The molecular formula is C17H13NO3. The highest BCUT2D eigenvalue weighted by atomic mass is 16.7. The normalized spacial score (nSPS) is 12.6. The van der Waals surface area contributed by atoms with Crippen molar-refractivity contribution in [2.75, 3.05) is 13.9 Å². The Labute approximate surface area is 121 Å². The average Bonchev–Trinajstić information content (AvgIpc) is 3.01. The molecule has 3 aromatic rings. The van der Waals surface area contributed by atoms with Crippen molar-refractivity contribution in [1.29, 1.82) is 0 Å². The molecule has 2 aromatic carbocycles. The molecule has 0 atom stereocenters. The van der Waals surface area contributed by atoms with Crippen LogP contribution in [0.3, 0.4) is 0 Å². The van der Waals surface area contributed by atoms with Gasteiger partial charge in [0.25, 0.3) is 0 Å². The standard InChI is InChI=1S/C17H13NO3/c1-19-16-9-14(18-13-5-3-2-4-12(13)16)11-6-7-15-17(8-11)21-10-20-15/h2-9H,10H2,1H3. The predicted molar refractivity (Wildman–Crippen MR) is 79.9 cm³/mol. The molecule has 0 saturated heterocycles. The second kappa shape index (κ2) is 4.66. The van der Waals surface area contributed by atoms with E-state index in [4.69, 9.17) is 19.2 Å². The fraction of sp³-hybridized carbons (Fsp3) is 0.118. The summed E-state index contributed by atoms with van der Waals surface area (Å²) in [6.07, 6.45) is 0. The number of methoxy groups -OCH3 is 1. The van der Waals surface area contributed by atoms with Gasteiger partial charge in [0.2, 0.25) is 6.79 Å². The average molecular weight is 279 g/mol. The summed E-state index contributed by atoms with van der Waals surface area (Å²) in [5.41, 5.74) is 2.73. The number of pyridine rings is 1. The Morgan fingerprint density at radius 1 is 1.00 bits per heavy atom. The molecule has 0 bridgehead atoms.